The first-order valence-electron chi connectivity index (χ1n) is 9.85. The molecule has 1 saturated heterocycles. The number of benzene rings is 1. The Morgan fingerprint density at radius 3 is 2.63 bits per heavy atom. The summed E-state index contributed by atoms with van der Waals surface area (Å²) in [6.07, 6.45) is 4.74. The van der Waals surface area contributed by atoms with Gasteiger partial charge in [0.05, 0.1) is 11.8 Å². The average molecular weight is 388 g/mol. The number of carbonyl (C=O) groups is 1. The number of para-hydroxylation sites is 1. The average Bonchev–Trinajstić information content (AvgIpc) is 3.09. The zero-order chi connectivity index (χ0) is 19.1. The van der Waals surface area contributed by atoms with E-state index in [0.717, 1.165) is 42.7 Å². The summed E-state index contributed by atoms with van der Waals surface area (Å²) in [5.41, 5.74) is 1.04. The summed E-state index contributed by atoms with van der Waals surface area (Å²) in [7, 11) is 0. The summed E-state index contributed by atoms with van der Waals surface area (Å²) in [6.45, 7) is 7.69. The van der Waals surface area contributed by atoms with Crippen molar-refractivity contribution in [1.29, 1.82) is 0 Å². The lowest BCUT2D eigenvalue weighted by atomic mass is 10.1. The number of nitrogens with one attached hydrogen (secondary N) is 1. The number of likely N-dealkylation sites (tertiary alicyclic amines) is 1. The number of hydrogen-bond donors (Lipinski definition) is 1. The molecule has 1 aromatic heterocycles. The summed E-state index contributed by atoms with van der Waals surface area (Å²) in [5.74, 6) is 0.980. The second kappa shape index (κ2) is 9.90. The monoisotopic (exact) mass is 387 g/mol. The van der Waals surface area contributed by atoms with Gasteiger partial charge in [0.2, 0.25) is 5.91 Å². The van der Waals surface area contributed by atoms with E-state index in [-0.39, 0.29) is 11.2 Å². The molecule has 1 amide bonds. The molecule has 3 rings (SSSR count). The highest BCUT2D eigenvalue weighted by Gasteiger charge is 2.22. The third-order valence-electron chi connectivity index (χ3n) is 4.73. The second-order valence-electron chi connectivity index (χ2n) is 6.96. The lowest BCUT2D eigenvalue weighted by Gasteiger charge is -2.26. The molecule has 1 aliphatic rings. The van der Waals surface area contributed by atoms with E-state index in [4.69, 9.17) is 0 Å². The first-order valence-corrected chi connectivity index (χ1v) is 10.7. The molecule has 2 aromatic rings. The Balaban J connectivity index is 1.81. The Hall–Kier alpha value is -1.86. The zero-order valence-electron chi connectivity index (χ0n) is 16.2. The fraction of sp³-hybridized carbons (Fsp3) is 0.550. The molecule has 0 aliphatic carbocycles. The Labute approximate surface area is 165 Å². The summed E-state index contributed by atoms with van der Waals surface area (Å²) in [5, 5.41) is 12.4. The predicted octanol–water partition coefficient (Wildman–Crippen LogP) is 3.26. The topological polar surface area (TPSA) is 63.1 Å². The van der Waals surface area contributed by atoms with Gasteiger partial charge in [0.15, 0.2) is 11.0 Å². The van der Waals surface area contributed by atoms with Crippen LogP contribution in [0, 0.1) is 0 Å². The van der Waals surface area contributed by atoms with E-state index in [2.05, 4.69) is 44.0 Å². The van der Waals surface area contributed by atoms with Gasteiger partial charge in [0.1, 0.15) is 0 Å². The van der Waals surface area contributed by atoms with E-state index in [1.807, 2.05) is 25.1 Å². The fourth-order valence-electron chi connectivity index (χ4n) is 3.24. The van der Waals surface area contributed by atoms with Gasteiger partial charge in [-0.1, -0.05) is 43.3 Å². The maximum atomic E-state index is 12.3. The standard InChI is InChI=1S/C20H29N5OS/c1-3-12-21-19(26)16(2)27-20-23-22-18(15-24-13-8-5-9-14-24)25(20)17-10-6-4-7-11-17/h4,6-7,10-11,16H,3,5,8-9,12-15H2,1-2H3,(H,21,26). The fourth-order valence-corrected chi connectivity index (χ4v) is 4.15. The van der Waals surface area contributed by atoms with E-state index in [9.17, 15) is 4.79 Å². The molecular formula is C20H29N5OS. The van der Waals surface area contributed by atoms with Gasteiger partial charge in [-0.15, -0.1) is 10.2 Å². The molecule has 146 valence electrons. The van der Waals surface area contributed by atoms with Gasteiger partial charge in [-0.2, -0.15) is 0 Å². The Morgan fingerprint density at radius 2 is 1.93 bits per heavy atom. The highest BCUT2D eigenvalue weighted by molar-refractivity contribution is 8.00. The van der Waals surface area contributed by atoms with Crippen molar-refractivity contribution in [2.45, 2.75) is 56.5 Å². The van der Waals surface area contributed by atoms with Crippen molar-refractivity contribution in [2.24, 2.45) is 0 Å². The molecule has 0 saturated carbocycles. The van der Waals surface area contributed by atoms with Gasteiger partial charge in [-0.05, 0) is 51.4 Å². The van der Waals surface area contributed by atoms with Crippen molar-refractivity contribution >= 4 is 17.7 Å². The van der Waals surface area contributed by atoms with E-state index in [1.54, 1.807) is 0 Å². The first-order chi connectivity index (χ1) is 13.2. The SMILES string of the molecule is CCCNC(=O)C(C)Sc1nnc(CN2CCCCC2)n1-c1ccccc1. The van der Waals surface area contributed by atoms with Gasteiger partial charge in [-0.3, -0.25) is 14.3 Å². The van der Waals surface area contributed by atoms with E-state index in [0.29, 0.717) is 6.54 Å². The second-order valence-corrected chi connectivity index (χ2v) is 8.27. The Morgan fingerprint density at radius 1 is 1.19 bits per heavy atom. The lowest BCUT2D eigenvalue weighted by Crippen LogP contribution is -2.31. The number of piperidine rings is 1. The van der Waals surface area contributed by atoms with Gasteiger partial charge in [0.25, 0.3) is 0 Å². The van der Waals surface area contributed by atoms with Crippen LogP contribution in [0.1, 0.15) is 45.4 Å². The molecular weight excluding hydrogens is 358 g/mol. The van der Waals surface area contributed by atoms with Gasteiger partial charge < -0.3 is 5.32 Å². The summed E-state index contributed by atoms with van der Waals surface area (Å²) >= 11 is 1.47. The number of amides is 1. The number of carbonyl (C=O) groups excluding carboxylic acids is 1. The third-order valence-corrected chi connectivity index (χ3v) is 5.77. The molecule has 6 nitrogen and oxygen atoms in total. The number of nitrogens with zero attached hydrogens (tertiary/aromatic N) is 4. The minimum absolute atomic E-state index is 0.0436. The predicted molar refractivity (Wildman–Crippen MR) is 109 cm³/mol. The van der Waals surface area contributed by atoms with Crippen LogP contribution in [0.4, 0.5) is 0 Å². The highest BCUT2D eigenvalue weighted by atomic mass is 32.2. The van der Waals surface area contributed by atoms with Crippen LogP contribution in [-0.4, -0.2) is 50.5 Å². The molecule has 1 atom stereocenters. The molecule has 7 heteroatoms. The summed E-state index contributed by atoms with van der Waals surface area (Å²) in [4.78, 5) is 14.7. The highest BCUT2D eigenvalue weighted by Crippen LogP contribution is 2.26. The molecule has 0 spiro atoms. The van der Waals surface area contributed by atoms with Crippen molar-refractivity contribution in [3.8, 4) is 5.69 Å². The summed E-state index contributed by atoms with van der Waals surface area (Å²) in [6, 6.07) is 10.2. The number of thioether (sulfide) groups is 1. The van der Waals surface area contributed by atoms with Crippen LogP contribution in [0.5, 0.6) is 0 Å². The molecule has 1 unspecified atom stereocenters. The molecule has 27 heavy (non-hydrogen) atoms. The van der Waals surface area contributed by atoms with E-state index >= 15 is 0 Å². The number of hydrogen-bond acceptors (Lipinski definition) is 5. The zero-order valence-corrected chi connectivity index (χ0v) is 17.0. The Bertz CT molecular complexity index is 727. The smallest absolute Gasteiger partial charge is 0.233 e. The number of aromatic nitrogens is 3. The van der Waals surface area contributed by atoms with Crippen molar-refractivity contribution in [3.63, 3.8) is 0 Å². The molecule has 0 bridgehead atoms. The van der Waals surface area contributed by atoms with Gasteiger partial charge in [-0.25, -0.2) is 0 Å². The molecule has 2 heterocycles. The third kappa shape index (κ3) is 5.32. The summed E-state index contributed by atoms with van der Waals surface area (Å²) < 4.78 is 2.10. The normalized spacial score (nSPS) is 16.2. The van der Waals surface area contributed by atoms with Gasteiger partial charge in [0, 0.05) is 12.2 Å². The van der Waals surface area contributed by atoms with Crippen molar-refractivity contribution in [1.82, 2.24) is 25.0 Å². The van der Waals surface area contributed by atoms with Crippen LogP contribution >= 0.6 is 11.8 Å². The quantitative estimate of drug-likeness (QED) is 0.705. The van der Waals surface area contributed by atoms with Crippen molar-refractivity contribution in [3.05, 3.63) is 36.2 Å². The maximum absolute atomic E-state index is 12.3. The van der Waals surface area contributed by atoms with Crippen LogP contribution in [0.25, 0.3) is 5.69 Å². The van der Waals surface area contributed by atoms with Crippen LogP contribution < -0.4 is 5.32 Å². The lowest BCUT2D eigenvalue weighted by molar-refractivity contribution is -0.120. The van der Waals surface area contributed by atoms with Crippen LogP contribution in [-0.2, 0) is 11.3 Å². The van der Waals surface area contributed by atoms with E-state index in [1.165, 1.54) is 31.0 Å². The Kier molecular flexibility index (Phi) is 7.29. The van der Waals surface area contributed by atoms with Crippen molar-refractivity contribution < 1.29 is 4.79 Å². The van der Waals surface area contributed by atoms with Crippen LogP contribution in [0.3, 0.4) is 0 Å². The molecule has 1 fully saturated rings. The maximum Gasteiger partial charge on any atom is 0.233 e. The van der Waals surface area contributed by atoms with Crippen LogP contribution in [0.15, 0.2) is 35.5 Å². The minimum atomic E-state index is -0.217. The number of rotatable bonds is 8. The molecule has 1 aliphatic heterocycles. The van der Waals surface area contributed by atoms with Gasteiger partial charge >= 0.3 is 0 Å². The first kappa shape index (κ1) is 19.9. The minimum Gasteiger partial charge on any atom is -0.355 e. The molecule has 0 radical (unpaired) electrons. The molecule has 1 N–H and O–H groups in total. The van der Waals surface area contributed by atoms with Crippen molar-refractivity contribution in [2.75, 3.05) is 19.6 Å². The van der Waals surface area contributed by atoms with Crippen LogP contribution in [0.2, 0.25) is 0 Å². The largest absolute Gasteiger partial charge is 0.355 e. The molecule has 1 aromatic carbocycles. The van der Waals surface area contributed by atoms with E-state index < -0.39 is 0 Å².